The lowest BCUT2D eigenvalue weighted by molar-refractivity contribution is 0.592. The molecule has 5 rings (SSSR count). The first-order valence-electron chi connectivity index (χ1n) is 10.4. The van der Waals surface area contributed by atoms with E-state index in [0.717, 1.165) is 5.69 Å². The molecule has 0 aliphatic rings. The number of hydrogen-bond donors (Lipinski definition) is 1. The molecule has 1 aromatic heterocycles. The van der Waals surface area contributed by atoms with Crippen molar-refractivity contribution in [2.24, 2.45) is 0 Å². The molecule has 0 atom stereocenters. The summed E-state index contributed by atoms with van der Waals surface area (Å²) in [7, 11) is 0. The van der Waals surface area contributed by atoms with E-state index >= 15 is 0 Å². The molecule has 0 amide bonds. The average Bonchev–Trinajstić information content (AvgIpc) is 3.11. The number of benzene rings is 4. The maximum Gasteiger partial charge on any atom is 0.0422 e. The standard InChI is InChI=1S/C28H25NS/c1-28(2,3)24-17-20(19-9-5-4-6-10-19)13-16-25(24)29-21-14-15-23-22-11-7-8-12-26(22)30-27(23)18-21/h4-18,29H,1-3H3. The van der Waals surface area contributed by atoms with Gasteiger partial charge in [-0.2, -0.15) is 0 Å². The summed E-state index contributed by atoms with van der Waals surface area (Å²) in [5.74, 6) is 0. The number of fused-ring (bicyclic) bond motifs is 3. The van der Waals surface area contributed by atoms with E-state index in [4.69, 9.17) is 0 Å². The highest BCUT2D eigenvalue weighted by atomic mass is 32.1. The van der Waals surface area contributed by atoms with Gasteiger partial charge in [-0.1, -0.05) is 81.4 Å². The molecule has 1 nitrogen and oxygen atoms in total. The number of thiophene rings is 1. The van der Waals surface area contributed by atoms with Crippen LogP contribution in [0.15, 0.2) is 91.0 Å². The summed E-state index contributed by atoms with van der Waals surface area (Å²) >= 11 is 1.86. The Morgan fingerprint density at radius 3 is 2.17 bits per heavy atom. The van der Waals surface area contributed by atoms with Gasteiger partial charge in [-0.3, -0.25) is 0 Å². The van der Waals surface area contributed by atoms with Gasteiger partial charge in [0.2, 0.25) is 0 Å². The van der Waals surface area contributed by atoms with Crippen LogP contribution in [-0.4, -0.2) is 0 Å². The van der Waals surface area contributed by atoms with Crippen LogP contribution in [0.3, 0.4) is 0 Å². The fourth-order valence-corrected chi connectivity index (χ4v) is 5.19. The summed E-state index contributed by atoms with van der Waals surface area (Å²) < 4.78 is 2.66. The fraction of sp³-hybridized carbons (Fsp3) is 0.143. The van der Waals surface area contributed by atoms with E-state index in [2.05, 4.69) is 117 Å². The minimum Gasteiger partial charge on any atom is -0.355 e. The highest BCUT2D eigenvalue weighted by molar-refractivity contribution is 7.25. The summed E-state index contributed by atoms with van der Waals surface area (Å²) in [4.78, 5) is 0. The van der Waals surface area contributed by atoms with E-state index < -0.39 is 0 Å². The Morgan fingerprint density at radius 2 is 1.37 bits per heavy atom. The van der Waals surface area contributed by atoms with Crippen molar-refractivity contribution in [3.05, 3.63) is 96.6 Å². The molecule has 1 N–H and O–H groups in total. The Labute approximate surface area is 182 Å². The second kappa shape index (κ2) is 7.30. The van der Waals surface area contributed by atoms with Crippen molar-refractivity contribution in [3.63, 3.8) is 0 Å². The molecule has 5 aromatic rings. The molecule has 148 valence electrons. The van der Waals surface area contributed by atoms with Crippen molar-refractivity contribution in [2.75, 3.05) is 5.32 Å². The van der Waals surface area contributed by atoms with Crippen LogP contribution in [0, 0.1) is 0 Å². The molecule has 1 heterocycles. The van der Waals surface area contributed by atoms with Gasteiger partial charge in [-0.05, 0) is 52.4 Å². The number of rotatable bonds is 3. The maximum absolute atomic E-state index is 3.70. The summed E-state index contributed by atoms with van der Waals surface area (Å²) in [5, 5.41) is 6.37. The highest BCUT2D eigenvalue weighted by Crippen LogP contribution is 2.38. The Hall–Kier alpha value is -3.10. The monoisotopic (exact) mass is 407 g/mol. The van der Waals surface area contributed by atoms with Gasteiger partial charge in [-0.15, -0.1) is 11.3 Å². The average molecular weight is 408 g/mol. The van der Waals surface area contributed by atoms with Crippen LogP contribution < -0.4 is 5.32 Å². The summed E-state index contributed by atoms with van der Waals surface area (Å²) in [6.45, 7) is 6.83. The zero-order valence-electron chi connectivity index (χ0n) is 17.6. The van der Waals surface area contributed by atoms with Crippen LogP contribution in [0.1, 0.15) is 26.3 Å². The second-order valence-electron chi connectivity index (χ2n) is 8.81. The Kier molecular flexibility index (Phi) is 4.60. The topological polar surface area (TPSA) is 12.0 Å². The highest BCUT2D eigenvalue weighted by Gasteiger charge is 2.19. The predicted molar refractivity (Wildman–Crippen MR) is 133 cm³/mol. The van der Waals surface area contributed by atoms with Gasteiger partial charge in [0.15, 0.2) is 0 Å². The van der Waals surface area contributed by atoms with E-state index in [-0.39, 0.29) is 5.41 Å². The first kappa shape index (κ1) is 18.9. The summed E-state index contributed by atoms with van der Waals surface area (Å²) in [6.07, 6.45) is 0. The van der Waals surface area contributed by atoms with Crippen LogP contribution in [0.25, 0.3) is 31.3 Å². The molecule has 30 heavy (non-hydrogen) atoms. The maximum atomic E-state index is 3.70. The van der Waals surface area contributed by atoms with Gasteiger partial charge in [0, 0.05) is 31.5 Å². The van der Waals surface area contributed by atoms with Crippen LogP contribution in [-0.2, 0) is 5.41 Å². The molecule has 2 heteroatoms. The number of hydrogen-bond acceptors (Lipinski definition) is 2. The van der Waals surface area contributed by atoms with E-state index in [1.54, 1.807) is 0 Å². The van der Waals surface area contributed by atoms with Gasteiger partial charge >= 0.3 is 0 Å². The molecule has 0 fully saturated rings. The van der Waals surface area contributed by atoms with Gasteiger partial charge in [0.05, 0.1) is 0 Å². The molecular weight excluding hydrogens is 382 g/mol. The summed E-state index contributed by atoms with van der Waals surface area (Å²) in [5.41, 5.74) is 6.16. The van der Waals surface area contributed by atoms with Crippen LogP contribution in [0.5, 0.6) is 0 Å². The lowest BCUT2D eigenvalue weighted by atomic mass is 9.84. The number of nitrogens with one attached hydrogen (secondary N) is 1. The molecular formula is C28H25NS. The van der Waals surface area contributed by atoms with E-state index in [1.165, 1.54) is 42.6 Å². The van der Waals surface area contributed by atoms with Gasteiger partial charge in [0.1, 0.15) is 0 Å². The predicted octanol–water partition coefficient (Wildman–Crippen LogP) is 8.76. The second-order valence-corrected chi connectivity index (χ2v) is 9.89. The smallest absolute Gasteiger partial charge is 0.0422 e. The lowest BCUT2D eigenvalue weighted by Crippen LogP contribution is -2.14. The zero-order chi connectivity index (χ0) is 20.7. The molecule has 0 unspecified atom stereocenters. The largest absolute Gasteiger partial charge is 0.355 e. The van der Waals surface area contributed by atoms with Gasteiger partial charge in [0.25, 0.3) is 0 Å². The minimum atomic E-state index is 0.0365. The van der Waals surface area contributed by atoms with E-state index in [0.29, 0.717) is 0 Å². The van der Waals surface area contributed by atoms with Crippen molar-refractivity contribution in [1.82, 2.24) is 0 Å². The van der Waals surface area contributed by atoms with Crippen molar-refractivity contribution in [3.8, 4) is 11.1 Å². The number of anilines is 2. The molecule has 0 saturated carbocycles. The Morgan fingerprint density at radius 1 is 0.633 bits per heavy atom. The lowest BCUT2D eigenvalue weighted by Gasteiger charge is -2.25. The molecule has 4 aromatic carbocycles. The Balaban J connectivity index is 1.56. The summed E-state index contributed by atoms with van der Waals surface area (Å²) in [6, 6.07) is 32.7. The van der Waals surface area contributed by atoms with Crippen LogP contribution in [0.2, 0.25) is 0 Å². The Bertz CT molecular complexity index is 1340. The third-order valence-corrected chi connectivity index (χ3v) is 6.73. The fourth-order valence-electron chi connectivity index (χ4n) is 4.04. The minimum absolute atomic E-state index is 0.0365. The van der Waals surface area contributed by atoms with Crippen LogP contribution >= 0.6 is 11.3 Å². The third kappa shape index (κ3) is 3.48. The van der Waals surface area contributed by atoms with Gasteiger partial charge in [-0.25, -0.2) is 0 Å². The van der Waals surface area contributed by atoms with Gasteiger partial charge < -0.3 is 5.32 Å². The van der Waals surface area contributed by atoms with Crippen molar-refractivity contribution < 1.29 is 0 Å². The molecule has 0 aliphatic heterocycles. The van der Waals surface area contributed by atoms with E-state index in [1.807, 2.05) is 11.3 Å². The van der Waals surface area contributed by atoms with Crippen molar-refractivity contribution >= 4 is 42.9 Å². The van der Waals surface area contributed by atoms with Crippen molar-refractivity contribution in [2.45, 2.75) is 26.2 Å². The van der Waals surface area contributed by atoms with Crippen molar-refractivity contribution in [1.29, 1.82) is 0 Å². The van der Waals surface area contributed by atoms with Crippen LogP contribution in [0.4, 0.5) is 11.4 Å². The normalized spacial score (nSPS) is 11.8. The quantitative estimate of drug-likeness (QED) is 0.315. The SMILES string of the molecule is CC(C)(C)c1cc(-c2ccccc2)ccc1Nc1ccc2c(c1)sc1ccccc12. The van der Waals surface area contributed by atoms with E-state index in [9.17, 15) is 0 Å². The first-order chi connectivity index (χ1) is 14.5. The zero-order valence-corrected chi connectivity index (χ0v) is 18.4. The molecule has 0 bridgehead atoms. The molecule has 0 saturated heterocycles. The molecule has 0 spiro atoms. The molecule has 0 aliphatic carbocycles. The first-order valence-corrected chi connectivity index (χ1v) is 11.2. The molecule has 0 radical (unpaired) electrons. The third-order valence-electron chi connectivity index (χ3n) is 5.59.